The normalized spacial score (nSPS) is 10.3. The van der Waals surface area contributed by atoms with E-state index in [2.05, 4.69) is 10.6 Å². The molecule has 0 saturated carbocycles. The number of benzene rings is 2. The summed E-state index contributed by atoms with van der Waals surface area (Å²) in [4.78, 5) is 11.7. The van der Waals surface area contributed by atoms with E-state index in [1.807, 2.05) is 18.2 Å². The molecular weight excluding hydrogens is 326 g/mol. The van der Waals surface area contributed by atoms with E-state index < -0.39 is 5.82 Å². The Balaban J connectivity index is 1.72. The van der Waals surface area contributed by atoms with Gasteiger partial charge in [-0.1, -0.05) is 35.3 Å². The first-order valence-electron chi connectivity index (χ1n) is 6.74. The molecule has 0 heterocycles. The van der Waals surface area contributed by atoms with Gasteiger partial charge in [-0.2, -0.15) is 0 Å². The molecule has 0 aliphatic heterocycles. The smallest absolute Gasteiger partial charge is 0.239 e. The van der Waals surface area contributed by atoms with E-state index in [0.29, 0.717) is 23.7 Å². The van der Waals surface area contributed by atoms with Crippen LogP contribution < -0.4 is 10.6 Å². The van der Waals surface area contributed by atoms with E-state index in [-0.39, 0.29) is 17.5 Å². The lowest BCUT2D eigenvalue weighted by Gasteiger charge is -2.08. The number of hydrogen-bond acceptors (Lipinski definition) is 2. The van der Waals surface area contributed by atoms with E-state index >= 15 is 0 Å². The second kappa shape index (κ2) is 8.01. The number of carbonyl (C=O) groups excluding carboxylic acids is 1. The third-order valence-electron chi connectivity index (χ3n) is 3.00. The van der Waals surface area contributed by atoms with E-state index in [4.69, 9.17) is 23.2 Å². The van der Waals surface area contributed by atoms with E-state index in [1.165, 1.54) is 18.2 Å². The van der Waals surface area contributed by atoms with Crippen LogP contribution in [-0.2, 0) is 11.2 Å². The molecule has 0 spiro atoms. The van der Waals surface area contributed by atoms with Crippen molar-refractivity contribution in [1.29, 1.82) is 0 Å². The van der Waals surface area contributed by atoms with Gasteiger partial charge in [0.15, 0.2) is 0 Å². The Morgan fingerprint density at radius 1 is 1.14 bits per heavy atom. The Bertz CT molecular complexity index is 664. The summed E-state index contributed by atoms with van der Waals surface area (Å²) in [6.07, 6.45) is 0.703. The van der Waals surface area contributed by atoms with Crippen LogP contribution in [0.25, 0.3) is 0 Å². The SMILES string of the molecule is O=C(CNc1ccc(F)c(Cl)c1)NCCc1cccc(Cl)c1. The van der Waals surface area contributed by atoms with E-state index in [0.717, 1.165) is 5.56 Å². The Morgan fingerprint density at radius 2 is 1.95 bits per heavy atom. The summed E-state index contributed by atoms with van der Waals surface area (Å²) < 4.78 is 13.0. The van der Waals surface area contributed by atoms with Gasteiger partial charge in [0.05, 0.1) is 11.6 Å². The van der Waals surface area contributed by atoms with Gasteiger partial charge >= 0.3 is 0 Å². The highest BCUT2D eigenvalue weighted by Crippen LogP contribution is 2.18. The van der Waals surface area contributed by atoms with Crippen LogP contribution in [0.3, 0.4) is 0 Å². The lowest BCUT2D eigenvalue weighted by molar-refractivity contribution is -0.119. The molecule has 0 aromatic heterocycles. The molecule has 0 fully saturated rings. The van der Waals surface area contributed by atoms with Gasteiger partial charge in [-0.3, -0.25) is 4.79 Å². The zero-order valence-electron chi connectivity index (χ0n) is 11.7. The average Bonchev–Trinajstić information content (AvgIpc) is 2.48. The van der Waals surface area contributed by atoms with Crippen LogP contribution >= 0.6 is 23.2 Å². The summed E-state index contributed by atoms with van der Waals surface area (Å²) >= 11 is 11.6. The van der Waals surface area contributed by atoms with Crippen LogP contribution in [0.2, 0.25) is 10.0 Å². The Kier molecular flexibility index (Phi) is 6.04. The van der Waals surface area contributed by atoms with Gasteiger partial charge in [-0.05, 0) is 42.3 Å². The molecule has 1 amide bonds. The molecule has 22 heavy (non-hydrogen) atoms. The summed E-state index contributed by atoms with van der Waals surface area (Å²) in [6.45, 7) is 0.614. The van der Waals surface area contributed by atoms with Gasteiger partial charge in [-0.25, -0.2) is 4.39 Å². The van der Waals surface area contributed by atoms with Gasteiger partial charge in [0.1, 0.15) is 5.82 Å². The summed E-state index contributed by atoms with van der Waals surface area (Å²) in [5.41, 5.74) is 1.66. The van der Waals surface area contributed by atoms with Crippen LogP contribution in [-0.4, -0.2) is 19.0 Å². The first-order valence-corrected chi connectivity index (χ1v) is 7.50. The van der Waals surface area contributed by atoms with Crippen molar-refractivity contribution in [2.45, 2.75) is 6.42 Å². The van der Waals surface area contributed by atoms with Gasteiger partial charge in [0.2, 0.25) is 5.91 Å². The molecule has 2 aromatic carbocycles. The van der Waals surface area contributed by atoms with Crippen molar-refractivity contribution in [1.82, 2.24) is 5.32 Å². The molecular formula is C16H15Cl2FN2O. The maximum absolute atomic E-state index is 13.0. The number of hydrogen-bond donors (Lipinski definition) is 2. The second-order valence-electron chi connectivity index (χ2n) is 4.71. The molecule has 0 saturated heterocycles. The van der Waals surface area contributed by atoms with E-state index in [1.54, 1.807) is 6.07 Å². The van der Waals surface area contributed by atoms with Crippen LogP contribution in [0.15, 0.2) is 42.5 Å². The monoisotopic (exact) mass is 340 g/mol. The number of carbonyl (C=O) groups is 1. The number of anilines is 1. The molecule has 2 N–H and O–H groups in total. The molecule has 0 radical (unpaired) electrons. The van der Waals surface area contributed by atoms with Gasteiger partial charge in [-0.15, -0.1) is 0 Å². The first kappa shape index (κ1) is 16.6. The maximum atomic E-state index is 13.0. The minimum absolute atomic E-state index is 0.0198. The van der Waals surface area contributed by atoms with Crippen molar-refractivity contribution in [2.75, 3.05) is 18.4 Å². The van der Waals surface area contributed by atoms with Crippen molar-refractivity contribution in [3.05, 3.63) is 63.9 Å². The predicted octanol–water partition coefficient (Wildman–Crippen LogP) is 3.90. The molecule has 2 rings (SSSR count). The van der Waals surface area contributed by atoms with Crippen LogP contribution in [0.1, 0.15) is 5.56 Å². The Labute approximate surface area is 138 Å². The molecule has 0 bridgehead atoms. The lowest BCUT2D eigenvalue weighted by Crippen LogP contribution is -2.31. The summed E-state index contributed by atoms with van der Waals surface area (Å²) in [5.74, 6) is -0.638. The lowest BCUT2D eigenvalue weighted by atomic mass is 10.1. The predicted molar refractivity (Wildman–Crippen MR) is 88.1 cm³/mol. The topological polar surface area (TPSA) is 41.1 Å². The number of amides is 1. The third kappa shape index (κ3) is 5.20. The summed E-state index contributed by atoms with van der Waals surface area (Å²) in [5, 5.41) is 6.38. The molecule has 0 unspecified atom stereocenters. The molecule has 3 nitrogen and oxygen atoms in total. The summed E-state index contributed by atoms with van der Waals surface area (Å²) in [7, 11) is 0. The zero-order valence-corrected chi connectivity index (χ0v) is 13.2. The van der Waals surface area contributed by atoms with Gasteiger partial charge in [0, 0.05) is 17.3 Å². The van der Waals surface area contributed by atoms with Crippen LogP contribution in [0, 0.1) is 5.82 Å². The standard InChI is InChI=1S/C16H15Cl2FN2O/c17-12-3-1-2-11(8-12)6-7-20-16(22)10-21-13-4-5-15(19)14(18)9-13/h1-5,8-9,21H,6-7,10H2,(H,20,22). The average molecular weight is 341 g/mol. The van der Waals surface area contributed by atoms with Gasteiger partial charge < -0.3 is 10.6 Å². The molecule has 0 aliphatic rings. The van der Waals surface area contributed by atoms with Crippen molar-refractivity contribution in [3.63, 3.8) is 0 Å². The fraction of sp³-hybridized carbons (Fsp3) is 0.188. The quantitative estimate of drug-likeness (QED) is 0.837. The van der Waals surface area contributed by atoms with Crippen LogP contribution in [0.5, 0.6) is 0 Å². The van der Waals surface area contributed by atoms with Crippen LogP contribution in [0.4, 0.5) is 10.1 Å². The molecule has 116 valence electrons. The fourth-order valence-corrected chi connectivity index (χ4v) is 2.28. The molecule has 0 atom stereocenters. The van der Waals surface area contributed by atoms with Gasteiger partial charge in [0.25, 0.3) is 0 Å². The van der Waals surface area contributed by atoms with Crippen molar-refractivity contribution in [2.24, 2.45) is 0 Å². The highest BCUT2D eigenvalue weighted by atomic mass is 35.5. The van der Waals surface area contributed by atoms with Crippen molar-refractivity contribution in [3.8, 4) is 0 Å². The first-order chi connectivity index (χ1) is 10.5. The second-order valence-corrected chi connectivity index (χ2v) is 5.56. The highest BCUT2D eigenvalue weighted by Gasteiger charge is 2.04. The number of halogens is 3. The Hall–Kier alpha value is -1.78. The number of rotatable bonds is 6. The van der Waals surface area contributed by atoms with Crippen molar-refractivity contribution >= 4 is 34.8 Å². The third-order valence-corrected chi connectivity index (χ3v) is 3.52. The molecule has 2 aromatic rings. The van der Waals surface area contributed by atoms with E-state index in [9.17, 15) is 9.18 Å². The maximum Gasteiger partial charge on any atom is 0.239 e. The number of nitrogens with one attached hydrogen (secondary N) is 2. The highest BCUT2D eigenvalue weighted by molar-refractivity contribution is 6.31. The fourth-order valence-electron chi connectivity index (χ4n) is 1.89. The molecule has 0 aliphatic carbocycles. The summed E-state index contributed by atoms with van der Waals surface area (Å²) in [6, 6.07) is 11.7. The minimum Gasteiger partial charge on any atom is -0.376 e. The minimum atomic E-state index is -0.488. The zero-order chi connectivity index (χ0) is 15.9. The Morgan fingerprint density at radius 3 is 2.68 bits per heavy atom. The van der Waals surface area contributed by atoms with Crippen molar-refractivity contribution < 1.29 is 9.18 Å². The largest absolute Gasteiger partial charge is 0.376 e. The molecule has 6 heteroatoms.